The van der Waals surface area contributed by atoms with Gasteiger partial charge in [0.05, 0.1) is 6.61 Å². The molecule has 4 nitrogen and oxygen atoms in total. The van der Waals surface area contributed by atoms with Crippen LogP contribution in [0.1, 0.15) is 6.42 Å². The highest BCUT2D eigenvalue weighted by Gasteiger charge is 2.10. The van der Waals surface area contributed by atoms with Crippen molar-refractivity contribution in [2.24, 2.45) is 0 Å². The van der Waals surface area contributed by atoms with Crippen molar-refractivity contribution < 1.29 is 9.66 Å². The fraction of sp³-hybridized carbons (Fsp3) is 0.429. The molecular weight excluding hydrogens is 176 g/mol. The van der Waals surface area contributed by atoms with Crippen molar-refractivity contribution in [3.63, 3.8) is 0 Å². The van der Waals surface area contributed by atoms with Gasteiger partial charge in [-0.25, -0.2) is 10.1 Å². The van der Waals surface area contributed by atoms with Crippen LogP contribution in [0.4, 0.5) is 0 Å². The maximum absolute atomic E-state index is 11.3. The monoisotopic (exact) mass is 185 g/mol. The number of hydrogen-bond acceptors (Lipinski definition) is 3. The fourth-order valence-corrected chi connectivity index (χ4v) is 1.67. The maximum atomic E-state index is 11.3. The summed E-state index contributed by atoms with van der Waals surface area (Å²) in [4.78, 5) is 7.52. The first-order chi connectivity index (χ1) is 5.84. The molecule has 0 fully saturated rings. The van der Waals surface area contributed by atoms with Crippen LogP contribution in [0.5, 0.6) is 0 Å². The van der Waals surface area contributed by atoms with Gasteiger partial charge >= 0.3 is 0 Å². The Labute approximate surface area is 73.9 Å². The third-order valence-electron chi connectivity index (χ3n) is 1.26. The summed E-state index contributed by atoms with van der Waals surface area (Å²) in [6.45, 7) is -0.184. The van der Waals surface area contributed by atoms with E-state index in [0.29, 0.717) is 17.2 Å². The molecule has 0 spiro atoms. The molecule has 0 aliphatic heterocycles. The van der Waals surface area contributed by atoms with Crippen LogP contribution in [0.3, 0.4) is 0 Å². The van der Waals surface area contributed by atoms with E-state index in [0.717, 1.165) is 0 Å². The van der Waals surface area contributed by atoms with Gasteiger partial charge in [-0.05, 0) is 0 Å². The van der Waals surface area contributed by atoms with Crippen molar-refractivity contribution in [1.82, 2.24) is 9.97 Å². The number of aromatic nitrogens is 2. The van der Waals surface area contributed by atoms with Crippen molar-refractivity contribution in [1.29, 1.82) is 0 Å². The minimum atomic E-state index is -1.13. The Morgan fingerprint density at radius 1 is 1.58 bits per heavy atom. The van der Waals surface area contributed by atoms with Crippen LogP contribution in [0.2, 0.25) is 0 Å². The number of rotatable bonds is 4. The van der Waals surface area contributed by atoms with Crippen molar-refractivity contribution >= 4 is 11.2 Å². The van der Waals surface area contributed by atoms with Crippen LogP contribution in [0, 0.1) is 0 Å². The third-order valence-corrected chi connectivity index (χ3v) is 2.63. The van der Waals surface area contributed by atoms with E-state index in [1.807, 2.05) is 0 Å². The lowest BCUT2D eigenvalue weighted by molar-refractivity contribution is 0.194. The molecule has 1 radical (unpaired) electrons. The first-order valence-corrected chi connectivity index (χ1v) is 4.89. The van der Waals surface area contributed by atoms with E-state index in [1.165, 1.54) is 12.5 Å². The van der Waals surface area contributed by atoms with Crippen LogP contribution >= 0.6 is 0 Å². The molecule has 0 bridgehead atoms. The predicted octanol–water partition coefficient (Wildman–Crippen LogP) is 0.405. The molecule has 65 valence electrons. The Morgan fingerprint density at radius 3 is 3.00 bits per heavy atom. The van der Waals surface area contributed by atoms with Crippen LogP contribution < -0.4 is 0 Å². The van der Waals surface area contributed by atoms with E-state index in [4.69, 9.17) is 0 Å². The molecule has 1 heterocycles. The minimum absolute atomic E-state index is 0.184. The molecule has 0 aromatic carbocycles. The summed E-state index contributed by atoms with van der Waals surface area (Å²) in [5.41, 5.74) is 0. The van der Waals surface area contributed by atoms with E-state index < -0.39 is 11.2 Å². The van der Waals surface area contributed by atoms with Gasteiger partial charge in [0.25, 0.3) is 0 Å². The third kappa shape index (κ3) is 2.77. The van der Waals surface area contributed by atoms with Gasteiger partial charge in [-0.1, -0.05) is 0 Å². The van der Waals surface area contributed by atoms with Gasteiger partial charge in [-0.2, -0.15) is 4.98 Å². The zero-order valence-corrected chi connectivity index (χ0v) is 7.29. The van der Waals surface area contributed by atoms with Crippen LogP contribution in [-0.4, -0.2) is 26.9 Å². The van der Waals surface area contributed by atoms with Crippen molar-refractivity contribution in [3.8, 4) is 0 Å². The predicted molar refractivity (Wildman–Crippen MR) is 43.5 cm³/mol. The van der Waals surface area contributed by atoms with Gasteiger partial charge in [0, 0.05) is 29.9 Å². The molecule has 0 saturated carbocycles. The molecule has 1 atom stereocenters. The molecule has 1 aromatic heterocycles. The minimum Gasteiger partial charge on any atom is -0.610 e. The van der Waals surface area contributed by atoms with E-state index in [1.54, 1.807) is 6.07 Å². The van der Waals surface area contributed by atoms with Crippen LogP contribution in [0.25, 0.3) is 0 Å². The Kier molecular flexibility index (Phi) is 3.99. The van der Waals surface area contributed by atoms with Crippen molar-refractivity contribution in [3.05, 3.63) is 18.6 Å². The highest BCUT2D eigenvalue weighted by Crippen LogP contribution is 2.06. The van der Waals surface area contributed by atoms with Gasteiger partial charge in [0.2, 0.25) is 5.03 Å². The second-order valence-corrected chi connectivity index (χ2v) is 3.67. The molecule has 12 heavy (non-hydrogen) atoms. The van der Waals surface area contributed by atoms with Gasteiger partial charge in [0.1, 0.15) is 12.1 Å². The molecule has 0 aliphatic rings. The molecule has 0 N–H and O–H groups in total. The second-order valence-electron chi connectivity index (χ2n) is 2.15. The lowest BCUT2D eigenvalue weighted by Gasteiger charge is -2.06. The summed E-state index contributed by atoms with van der Waals surface area (Å²) < 4.78 is 11.3. The summed E-state index contributed by atoms with van der Waals surface area (Å²) in [5.74, 6) is 0.389. The van der Waals surface area contributed by atoms with Crippen molar-refractivity contribution in [2.45, 2.75) is 11.4 Å². The lowest BCUT2D eigenvalue weighted by atomic mass is 10.5. The lowest BCUT2D eigenvalue weighted by Crippen LogP contribution is -2.09. The molecule has 0 aliphatic carbocycles. The van der Waals surface area contributed by atoms with Crippen LogP contribution in [0.15, 0.2) is 23.6 Å². The van der Waals surface area contributed by atoms with E-state index >= 15 is 0 Å². The second kappa shape index (κ2) is 5.08. The molecule has 0 amide bonds. The summed E-state index contributed by atoms with van der Waals surface area (Å²) in [7, 11) is 0. The van der Waals surface area contributed by atoms with Gasteiger partial charge in [-0.3, -0.25) is 0 Å². The van der Waals surface area contributed by atoms with E-state index in [-0.39, 0.29) is 6.61 Å². The standard InChI is InChI=1S/C7H9N2O2S/c10-4-1-5-12(11)7-2-3-8-6-9-7/h2-3,6H,1,4-5H2. The topological polar surface area (TPSA) is 68.7 Å². The first kappa shape index (κ1) is 9.44. The Hall–Kier alpha value is -0.650. The van der Waals surface area contributed by atoms with E-state index in [2.05, 4.69) is 9.97 Å². The summed E-state index contributed by atoms with van der Waals surface area (Å²) in [6.07, 6.45) is 3.32. The summed E-state index contributed by atoms with van der Waals surface area (Å²) in [5, 5.41) is 10.6. The Morgan fingerprint density at radius 2 is 2.42 bits per heavy atom. The average Bonchev–Trinajstić information content (AvgIpc) is 2.15. The molecule has 0 saturated heterocycles. The van der Waals surface area contributed by atoms with E-state index in [9.17, 15) is 9.66 Å². The largest absolute Gasteiger partial charge is 0.610 e. The first-order valence-electron chi connectivity index (χ1n) is 3.57. The zero-order valence-electron chi connectivity index (χ0n) is 6.47. The zero-order chi connectivity index (χ0) is 8.81. The Balaban J connectivity index is 2.48. The molecule has 1 unspecified atom stereocenters. The molecular formula is C7H9N2O2S. The summed E-state index contributed by atoms with van der Waals surface area (Å²) >= 11 is -1.13. The van der Waals surface area contributed by atoms with Gasteiger partial charge in [0.15, 0.2) is 0 Å². The average molecular weight is 185 g/mol. The van der Waals surface area contributed by atoms with Gasteiger partial charge < -0.3 is 4.55 Å². The maximum Gasteiger partial charge on any atom is 0.247 e. The normalized spacial score (nSPS) is 12.8. The highest BCUT2D eigenvalue weighted by atomic mass is 32.2. The van der Waals surface area contributed by atoms with Crippen LogP contribution in [-0.2, 0) is 16.3 Å². The molecule has 5 heteroatoms. The van der Waals surface area contributed by atoms with Gasteiger partial charge in [-0.15, -0.1) is 0 Å². The molecule has 1 aromatic rings. The summed E-state index contributed by atoms with van der Waals surface area (Å²) in [6, 6.07) is 1.60. The van der Waals surface area contributed by atoms with Crippen molar-refractivity contribution in [2.75, 3.05) is 12.4 Å². The fourth-order valence-electron chi connectivity index (χ4n) is 0.708. The quantitative estimate of drug-likeness (QED) is 0.503. The number of nitrogens with zero attached hydrogens (tertiary/aromatic N) is 2. The molecule has 1 rings (SSSR count). The number of hydrogen-bond donors (Lipinski definition) is 0. The SMILES string of the molecule is [O]CCC[S+]([O-])c1ccncn1. The Bertz CT molecular complexity index is 220. The highest BCUT2D eigenvalue weighted by molar-refractivity contribution is 7.91. The smallest absolute Gasteiger partial charge is 0.247 e.